The molecule has 2 aromatic carbocycles. The monoisotopic (exact) mass is 519 g/mol. The van der Waals surface area contributed by atoms with Gasteiger partial charge < -0.3 is 19.4 Å². The Hall–Kier alpha value is -2.74. The average molecular weight is 520 g/mol. The van der Waals surface area contributed by atoms with E-state index in [1.165, 1.54) is 22.5 Å². The van der Waals surface area contributed by atoms with Crippen LogP contribution in [-0.2, 0) is 11.2 Å². The van der Waals surface area contributed by atoms with Gasteiger partial charge in [0.2, 0.25) is 0 Å². The molecule has 2 saturated heterocycles. The Morgan fingerprint density at radius 3 is 2.51 bits per heavy atom. The molecule has 2 aliphatic heterocycles. The Kier molecular flexibility index (Phi) is 7.02. The van der Waals surface area contributed by atoms with Gasteiger partial charge in [0.1, 0.15) is 5.82 Å². The highest BCUT2D eigenvalue weighted by atomic mass is 32.1. The normalized spacial score (nSPS) is 23.2. The van der Waals surface area contributed by atoms with Gasteiger partial charge in [0.15, 0.2) is 0 Å². The van der Waals surface area contributed by atoms with Gasteiger partial charge >= 0.3 is 0 Å². The van der Waals surface area contributed by atoms with E-state index in [-0.39, 0.29) is 11.7 Å². The number of halogens is 1. The lowest BCUT2D eigenvalue weighted by atomic mass is 10.1. The summed E-state index contributed by atoms with van der Waals surface area (Å²) in [5.41, 5.74) is 3.92. The molecule has 1 saturated carbocycles. The minimum Gasteiger partial charge on any atom is -0.378 e. The van der Waals surface area contributed by atoms with Crippen LogP contribution in [-0.4, -0.2) is 63.3 Å². The number of carbonyl (C=O) groups excluding carboxylic acids is 1. The second-order valence-corrected chi connectivity index (χ2v) is 11.6. The summed E-state index contributed by atoms with van der Waals surface area (Å²) >= 11 is 1.44. The molecule has 3 fully saturated rings. The van der Waals surface area contributed by atoms with Crippen molar-refractivity contribution in [2.75, 3.05) is 62.3 Å². The fourth-order valence-corrected chi connectivity index (χ4v) is 6.68. The number of anilines is 2. The third-order valence-electron chi connectivity index (χ3n) is 8.25. The maximum atomic E-state index is 15.3. The molecule has 7 heteroatoms. The summed E-state index contributed by atoms with van der Waals surface area (Å²) in [5.74, 6) is 1.40. The Morgan fingerprint density at radius 1 is 1.08 bits per heavy atom. The van der Waals surface area contributed by atoms with Crippen LogP contribution in [0.2, 0.25) is 0 Å². The minimum atomic E-state index is -0.276. The van der Waals surface area contributed by atoms with Crippen molar-refractivity contribution in [3.8, 4) is 0 Å². The first-order valence-electron chi connectivity index (χ1n) is 13.3. The van der Waals surface area contributed by atoms with Gasteiger partial charge in [0.25, 0.3) is 5.91 Å². The summed E-state index contributed by atoms with van der Waals surface area (Å²) in [6.07, 6.45) is 1.07. The number of likely N-dealkylation sites (tertiary alicyclic amines) is 1. The number of benzene rings is 2. The number of morpholine rings is 1. The van der Waals surface area contributed by atoms with Crippen LogP contribution in [0.1, 0.15) is 20.8 Å². The number of rotatable bonds is 8. The standard InChI is InChI=1S/C30H34FN3O2S/c1-21-4-6-22(7-5-21)10-11-32-18-24-25(19-32)26(24)20-34(30(35)29-3-2-16-37-29)23-8-9-28(27(31)17-23)33-12-14-36-15-13-33/h2-9,16-17,24-26H,10-15,18-20H2,1H3. The largest absolute Gasteiger partial charge is 0.378 e. The van der Waals surface area contributed by atoms with Crippen molar-refractivity contribution in [2.24, 2.45) is 17.8 Å². The number of amides is 1. The van der Waals surface area contributed by atoms with Crippen LogP contribution in [0.5, 0.6) is 0 Å². The first-order valence-corrected chi connectivity index (χ1v) is 14.2. The molecule has 0 spiro atoms. The van der Waals surface area contributed by atoms with Gasteiger partial charge in [-0.2, -0.15) is 0 Å². The molecule has 6 rings (SSSR count). The lowest BCUT2D eigenvalue weighted by Gasteiger charge is -2.30. The number of carbonyl (C=O) groups is 1. The van der Waals surface area contributed by atoms with Crippen LogP contribution < -0.4 is 9.80 Å². The number of hydrogen-bond donors (Lipinski definition) is 0. The second kappa shape index (κ2) is 10.6. The molecule has 2 unspecified atom stereocenters. The van der Waals surface area contributed by atoms with E-state index in [4.69, 9.17) is 4.74 Å². The van der Waals surface area contributed by atoms with E-state index >= 15 is 4.39 Å². The fourth-order valence-electron chi connectivity index (χ4n) is 6.01. The fraction of sp³-hybridized carbons (Fsp3) is 0.433. The van der Waals surface area contributed by atoms with Crippen molar-refractivity contribution in [3.63, 3.8) is 0 Å². The molecule has 0 bridgehead atoms. The molecule has 3 aromatic rings. The zero-order valence-corrected chi connectivity index (χ0v) is 22.1. The molecule has 1 aromatic heterocycles. The average Bonchev–Trinajstić information content (AvgIpc) is 3.30. The zero-order chi connectivity index (χ0) is 25.4. The Labute approximate surface area is 222 Å². The number of fused-ring (bicyclic) bond motifs is 1. The first kappa shape index (κ1) is 24.6. The first-order chi connectivity index (χ1) is 18.1. The van der Waals surface area contributed by atoms with Crippen molar-refractivity contribution in [1.29, 1.82) is 0 Å². The molecule has 37 heavy (non-hydrogen) atoms. The third kappa shape index (κ3) is 5.31. The highest BCUT2D eigenvalue weighted by molar-refractivity contribution is 7.12. The SMILES string of the molecule is Cc1ccc(CCN2CC3C(C2)C3CN(C(=O)c2cccs2)c2ccc(N3CCOCC3)c(F)c2)cc1. The van der Waals surface area contributed by atoms with Gasteiger partial charge in [-0.1, -0.05) is 35.9 Å². The number of hydrogen-bond acceptors (Lipinski definition) is 5. The van der Waals surface area contributed by atoms with Gasteiger partial charge in [0, 0.05) is 45.0 Å². The van der Waals surface area contributed by atoms with E-state index < -0.39 is 0 Å². The number of ether oxygens (including phenoxy) is 1. The van der Waals surface area contributed by atoms with Crippen LogP contribution >= 0.6 is 11.3 Å². The molecule has 0 radical (unpaired) electrons. The lowest BCUT2D eigenvalue weighted by Crippen LogP contribution is -2.37. The van der Waals surface area contributed by atoms with Crippen molar-refractivity contribution in [1.82, 2.24) is 4.90 Å². The molecule has 3 aliphatic rings. The van der Waals surface area contributed by atoms with Crippen LogP contribution in [0.4, 0.5) is 15.8 Å². The van der Waals surface area contributed by atoms with Crippen molar-refractivity contribution >= 4 is 28.6 Å². The Bertz CT molecular complexity index is 1210. The predicted molar refractivity (Wildman–Crippen MR) is 147 cm³/mol. The van der Waals surface area contributed by atoms with E-state index in [0.717, 1.165) is 26.1 Å². The lowest BCUT2D eigenvalue weighted by molar-refractivity contribution is 0.0988. The molecule has 3 heterocycles. The molecule has 0 N–H and O–H groups in total. The molecular weight excluding hydrogens is 485 g/mol. The Morgan fingerprint density at radius 2 is 1.84 bits per heavy atom. The van der Waals surface area contributed by atoms with Crippen LogP contribution in [0.15, 0.2) is 60.0 Å². The highest BCUT2D eigenvalue weighted by Gasteiger charge is 2.56. The summed E-state index contributed by atoms with van der Waals surface area (Å²) in [7, 11) is 0. The highest BCUT2D eigenvalue weighted by Crippen LogP contribution is 2.52. The Balaban J connectivity index is 1.12. The predicted octanol–water partition coefficient (Wildman–Crippen LogP) is 5.10. The van der Waals surface area contributed by atoms with E-state index in [2.05, 4.69) is 36.1 Å². The summed E-state index contributed by atoms with van der Waals surface area (Å²) in [6, 6.07) is 17.9. The minimum absolute atomic E-state index is 0.0327. The maximum Gasteiger partial charge on any atom is 0.268 e. The maximum absolute atomic E-state index is 15.3. The molecule has 5 nitrogen and oxygen atoms in total. The van der Waals surface area contributed by atoms with Gasteiger partial charge in [-0.05, 0) is 66.3 Å². The number of thiophene rings is 1. The van der Waals surface area contributed by atoms with Crippen molar-refractivity contribution in [3.05, 3.63) is 81.8 Å². The van der Waals surface area contributed by atoms with E-state index in [0.29, 0.717) is 66.9 Å². The van der Waals surface area contributed by atoms with E-state index in [1.807, 2.05) is 39.4 Å². The zero-order valence-electron chi connectivity index (χ0n) is 21.3. The van der Waals surface area contributed by atoms with Gasteiger partial charge in [-0.15, -0.1) is 11.3 Å². The summed E-state index contributed by atoms with van der Waals surface area (Å²) in [6.45, 7) is 8.60. The summed E-state index contributed by atoms with van der Waals surface area (Å²) in [5, 5.41) is 1.92. The number of piperidine rings is 1. The number of nitrogens with zero attached hydrogens (tertiary/aromatic N) is 3. The molecular formula is C30H34FN3O2S. The topological polar surface area (TPSA) is 36.0 Å². The second-order valence-electron chi connectivity index (χ2n) is 10.6. The summed E-state index contributed by atoms with van der Waals surface area (Å²) < 4.78 is 20.7. The molecule has 1 aliphatic carbocycles. The van der Waals surface area contributed by atoms with Gasteiger partial charge in [0.05, 0.1) is 23.8 Å². The van der Waals surface area contributed by atoms with Gasteiger partial charge in [-0.3, -0.25) is 4.79 Å². The van der Waals surface area contributed by atoms with Crippen molar-refractivity contribution in [2.45, 2.75) is 13.3 Å². The van der Waals surface area contributed by atoms with Gasteiger partial charge in [-0.25, -0.2) is 4.39 Å². The van der Waals surface area contributed by atoms with Crippen LogP contribution in [0, 0.1) is 30.5 Å². The van der Waals surface area contributed by atoms with E-state index in [1.54, 1.807) is 6.07 Å². The molecule has 2 atom stereocenters. The molecule has 1 amide bonds. The number of aryl methyl sites for hydroxylation is 1. The third-order valence-corrected chi connectivity index (χ3v) is 9.11. The van der Waals surface area contributed by atoms with Crippen LogP contribution in [0.3, 0.4) is 0 Å². The smallest absolute Gasteiger partial charge is 0.268 e. The van der Waals surface area contributed by atoms with Crippen LogP contribution in [0.25, 0.3) is 0 Å². The van der Waals surface area contributed by atoms with E-state index in [9.17, 15) is 4.79 Å². The quantitative estimate of drug-likeness (QED) is 0.415. The van der Waals surface area contributed by atoms with Crippen molar-refractivity contribution < 1.29 is 13.9 Å². The summed E-state index contributed by atoms with van der Waals surface area (Å²) in [4.78, 5) is 20.6. The molecule has 194 valence electrons.